The maximum Gasteiger partial charge on any atom is 0.331 e. The minimum Gasteiger partial charge on any atom is -0.479 e. The first-order valence-corrected chi connectivity index (χ1v) is 7.11. The number of ether oxygens (including phenoxy) is 1. The first-order chi connectivity index (χ1) is 9.80. The highest BCUT2D eigenvalue weighted by molar-refractivity contribution is 5.87. The lowest BCUT2D eigenvalue weighted by molar-refractivity contribution is -0.149. The summed E-state index contributed by atoms with van der Waals surface area (Å²) in [5.41, 5.74) is -1.45. The Labute approximate surface area is 125 Å². The molecule has 0 aromatic carbocycles. The number of carbonyl (C=O) groups is 3. The summed E-state index contributed by atoms with van der Waals surface area (Å²) in [5, 5.41) is 11.5. The van der Waals surface area contributed by atoms with E-state index in [4.69, 9.17) is 9.84 Å². The molecule has 2 amide bonds. The van der Waals surface area contributed by atoms with Gasteiger partial charge in [0.25, 0.3) is 0 Å². The third kappa shape index (κ3) is 6.57. The molecule has 0 heterocycles. The monoisotopic (exact) mass is 302 g/mol. The van der Waals surface area contributed by atoms with Crippen LogP contribution in [0.15, 0.2) is 0 Å². The van der Waals surface area contributed by atoms with Crippen molar-refractivity contribution in [2.24, 2.45) is 0 Å². The average Bonchev–Trinajstić information content (AvgIpc) is 2.40. The number of methoxy groups -OCH3 is 1. The molecule has 0 aliphatic rings. The molecule has 0 bridgehead atoms. The van der Waals surface area contributed by atoms with E-state index in [2.05, 4.69) is 5.32 Å². The van der Waals surface area contributed by atoms with Gasteiger partial charge in [-0.25, -0.2) is 4.79 Å². The molecule has 0 aromatic rings. The maximum atomic E-state index is 11.8. The van der Waals surface area contributed by atoms with E-state index in [1.165, 1.54) is 14.0 Å². The fraction of sp³-hybridized carbons (Fsp3) is 0.786. The van der Waals surface area contributed by atoms with Gasteiger partial charge in [0.1, 0.15) is 0 Å². The fourth-order valence-corrected chi connectivity index (χ4v) is 1.94. The van der Waals surface area contributed by atoms with Gasteiger partial charge in [0.15, 0.2) is 5.54 Å². The summed E-state index contributed by atoms with van der Waals surface area (Å²) in [5.74, 6) is -1.55. The molecule has 0 aliphatic heterocycles. The third-order valence-corrected chi connectivity index (χ3v) is 3.23. The van der Waals surface area contributed by atoms with Gasteiger partial charge in [-0.15, -0.1) is 0 Å². The number of nitrogens with zero attached hydrogens (tertiary/aromatic N) is 1. The van der Waals surface area contributed by atoms with Gasteiger partial charge in [0.2, 0.25) is 11.8 Å². The molecule has 0 aromatic heterocycles. The topological polar surface area (TPSA) is 95.9 Å². The van der Waals surface area contributed by atoms with Crippen molar-refractivity contribution in [3.05, 3.63) is 0 Å². The van der Waals surface area contributed by atoms with Crippen molar-refractivity contribution in [3.8, 4) is 0 Å². The number of carboxylic acid groups (broad SMARTS) is 1. The van der Waals surface area contributed by atoms with Gasteiger partial charge in [-0.1, -0.05) is 0 Å². The van der Waals surface area contributed by atoms with Crippen LogP contribution in [0.1, 0.15) is 40.0 Å². The van der Waals surface area contributed by atoms with E-state index in [-0.39, 0.29) is 25.4 Å². The van der Waals surface area contributed by atoms with Crippen LogP contribution >= 0.6 is 0 Å². The van der Waals surface area contributed by atoms with Gasteiger partial charge in [0, 0.05) is 33.0 Å². The van der Waals surface area contributed by atoms with Crippen molar-refractivity contribution in [3.63, 3.8) is 0 Å². The fourth-order valence-electron chi connectivity index (χ4n) is 1.94. The molecule has 1 unspecified atom stereocenters. The molecule has 0 aliphatic carbocycles. The molecule has 21 heavy (non-hydrogen) atoms. The second-order valence-electron chi connectivity index (χ2n) is 5.04. The highest BCUT2D eigenvalue weighted by atomic mass is 16.5. The van der Waals surface area contributed by atoms with Gasteiger partial charge in [0.05, 0.1) is 6.61 Å². The minimum atomic E-state index is -1.45. The van der Waals surface area contributed by atoms with Crippen LogP contribution in [0.25, 0.3) is 0 Å². The number of hydrogen-bond donors (Lipinski definition) is 2. The Kier molecular flexibility index (Phi) is 8.61. The number of nitrogens with one attached hydrogen (secondary N) is 1. The standard InChI is InChI=1S/C14H26N2O5/c1-5-16(6-2)12(18)9-7-8-11(17)15-14(3,10-21-4)13(19)20/h5-10H2,1-4H3,(H,15,17)(H,19,20). The Balaban J connectivity index is 4.27. The van der Waals surface area contributed by atoms with Crippen LogP contribution in [0.3, 0.4) is 0 Å². The molecule has 0 radical (unpaired) electrons. The molecule has 0 spiro atoms. The SMILES string of the molecule is CCN(CC)C(=O)CCCC(=O)NC(C)(COC)C(=O)O. The summed E-state index contributed by atoms with van der Waals surface area (Å²) in [6, 6.07) is 0. The van der Waals surface area contributed by atoms with Crippen LogP contribution in [0.5, 0.6) is 0 Å². The lowest BCUT2D eigenvalue weighted by Gasteiger charge is -2.25. The van der Waals surface area contributed by atoms with E-state index in [0.717, 1.165) is 0 Å². The van der Waals surface area contributed by atoms with Crippen LogP contribution in [0, 0.1) is 0 Å². The molecule has 122 valence electrons. The van der Waals surface area contributed by atoms with Crippen molar-refractivity contribution < 1.29 is 24.2 Å². The van der Waals surface area contributed by atoms with Crippen LogP contribution < -0.4 is 5.32 Å². The van der Waals surface area contributed by atoms with Crippen molar-refractivity contribution in [2.45, 2.75) is 45.6 Å². The van der Waals surface area contributed by atoms with Crippen molar-refractivity contribution in [1.29, 1.82) is 0 Å². The molecule has 0 rings (SSSR count). The summed E-state index contributed by atoms with van der Waals surface area (Å²) in [6.45, 7) is 6.36. The highest BCUT2D eigenvalue weighted by Crippen LogP contribution is 2.07. The van der Waals surface area contributed by atoms with E-state index >= 15 is 0 Å². The number of hydrogen-bond acceptors (Lipinski definition) is 4. The first kappa shape index (κ1) is 19.4. The van der Waals surface area contributed by atoms with Crippen LogP contribution in [0.4, 0.5) is 0 Å². The van der Waals surface area contributed by atoms with Gasteiger partial charge in [-0.05, 0) is 27.2 Å². The maximum absolute atomic E-state index is 11.8. The van der Waals surface area contributed by atoms with Gasteiger partial charge >= 0.3 is 5.97 Å². The van der Waals surface area contributed by atoms with E-state index in [0.29, 0.717) is 19.5 Å². The zero-order chi connectivity index (χ0) is 16.5. The molecule has 0 saturated carbocycles. The summed E-state index contributed by atoms with van der Waals surface area (Å²) in [6.07, 6.45) is 0.784. The van der Waals surface area contributed by atoms with E-state index in [9.17, 15) is 14.4 Å². The van der Waals surface area contributed by atoms with Gasteiger partial charge in [-0.2, -0.15) is 0 Å². The molecule has 0 fully saturated rings. The Morgan fingerprint density at radius 1 is 1.19 bits per heavy atom. The summed E-state index contributed by atoms with van der Waals surface area (Å²) < 4.78 is 4.82. The predicted octanol–water partition coefficient (Wildman–Crippen LogP) is 0.631. The Morgan fingerprint density at radius 3 is 2.19 bits per heavy atom. The van der Waals surface area contributed by atoms with Gasteiger partial charge < -0.3 is 20.1 Å². The zero-order valence-electron chi connectivity index (χ0n) is 13.3. The Bertz CT molecular complexity index is 368. The van der Waals surface area contributed by atoms with Crippen molar-refractivity contribution >= 4 is 17.8 Å². The Morgan fingerprint density at radius 2 is 1.76 bits per heavy atom. The van der Waals surface area contributed by atoms with Crippen molar-refractivity contribution in [2.75, 3.05) is 26.8 Å². The quantitative estimate of drug-likeness (QED) is 0.617. The number of amides is 2. The number of rotatable bonds is 10. The third-order valence-electron chi connectivity index (χ3n) is 3.23. The number of aliphatic carboxylic acids is 1. The summed E-state index contributed by atoms with van der Waals surface area (Å²) >= 11 is 0. The second-order valence-corrected chi connectivity index (χ2v) is 5.04. The molecule has 2 N–H and O–H groups in total. The van der Waals surface area contributed by atoms with E-state index in [1.54, 1.807) is 4.90 Å². The predicted molar refractivity (Wildman–Crippen MR) is 77.8 cm³/mol. The summed E-state index contributed by atoms with van der Waals surface area (Å²) in [7, 11) is 1.37. The van der Waals surface area contributed by atoms with Gasteiger partial charge in [-0.3, -0.25) is 9.59 Å². The van der Waals surface area contributed by atoms with Crippen LogP contribution in [0.2, 0.25) is 0 Å². The number of carboxylic acids is 1. The summed E-state index contributed by atoms with van der Waals surface area (Å²) in [4.78, 5) is 36.4. The lowest BCUT2D eigenvalue weighted by Crippen LogP contribution is -2.55. The second kappa shape index (κ2) is 9.33. The molecule has 7 heteroatoms. The molecule has 0 saturated heterocycles. The normalized spacial score (nSPS) is 13.3. The van der Waals surface area contributed by atoms with E-state index in [1.807, 2.05) is 13.8 Å². The van der Waals surface area contributed by atoms with Crippen LogP contribution in [-0.2, 0) is 19.1 Å². The molecular weight excluding hydrogens is 276 g/mol. The average molecular weight is 302 g/mol. The Hall–Kier alpha value is -1.63. The largest absolute Gasteiger partial charge is 0.479 e. The lowest BCUT2D eigenvalue weighted by atomic mass is 10.0. The molecule has 1 atom stereocenters. The first-order valence-electron chi connectivity index (χ1n) is 7.11. The van der Waals surface area contributed by atoms with E-state index < -0.39 is 17.4 Å². The molecule has 7 nitrogen and oxygen atoms in total. The zero-order valence-corrected chi connectivity index (χ0v) is 13.3. The smallest absolute Gasteiger partial charge is 0.331 e. The highest BCUT2D eigenvalue weighted by Gasteiger charge is 2.34. The number of carbonyl (C=O) groups excluding carboxylic acids is 2. The minimum absolute atomic E-state index is 0.00527. The van der Waals surface area contributed by atoms with Crippen molar-refractivity contribution in [1.82, 2.24) is 10.2 Å². The van der Waals surface area contributed by atoms with Crippen LogP contribution in [-0.4, -0.2) is 60.1 Å². The molecular formula is C14H26N2O5.